The topological polar surface area (TPSA) is 37.8 Å². The first-order chi connectivity index (χ1) is 9.83. The van der Waals surface area contributed by atoms with Crippen molar-refractivity contribution in [1.82, 2.24) is 9.97 Å². The monoisotopic (exact) mass is 283 g/mol. The number of fused-ring (bicyclic) bond motifs is 1. The molecule has 0 radical (unpaired) electrons. The standard InChI is InChI=1S/C16H14ClN3/c17-13-3-1-2-12(10-13)4-8-19-15-6-9-20-16-11-18-7-5-14(15)16/h1-3,5-7,9-11H,4,8H2,(H,19,20). The van der Waals surface area contributed by atoms with Crippen LogP contribution in [0, 0.1) is 0 Å². The maximum absolute atomic E-state index is 5.98. The lowest BCUT2D eigenvalue weighted by Gasteiger charge is -2.09. The Morgan fingerprint density at radius 2 is 2.05 bits per heavy atom. The van der Waals surface area contributed by atoms with Crippen molar-refractivity contribution >= 4 is 28.2 Å². The van der Waals surface area contributed by atoms with Crippen molar-refractivity contribution in [3.63, 3.8) is 0 Å². The first-order valence-electron chi connectivity index (χ1n) is 6.50. The fourth-order valence-electron chi connectivity index (χ4n) is 2.19. The maximum Gasteiger partial charge on any atom is 0.0905 e. The molecule has 20 heavy (non-hydrogen) atoms. The predicted octanol–water partition coefficient (Wildman–Crippen LogP) is 3.94. The number of pyridine rings is 2. The van der Waals surface area contributed by atoms with Crippen LogP contribution in [0.3, 0.4) is 0 Å². The molecule has 0 fully saturated rings. The third-order valence-corrected chi connectivity index (χ3v) is 3.40. The average molecular weight is 284 g/mol. The normalized spacial score (nSPS) is 10.7. The van der Waals surface area contributed by atoms with E-state index < -0.39 is 0 Å². The summed E-state index contributed by atoms with van der Waals surface area (Å²) in [4.78, 5) is 8.39. The average Bonchev–Trinajstić information content (AvgIpc) is 2.48. The highest BCUT2D eigenvalue weighted by Crippen LogP contribution is 2.20. The number of aromatic nitrogens is 2. The van der Waals surface area contributed by atoms with E-state index in [9.17, 15) is 0 Å². The van der Waals surface area contributed by atoms with E-state index in [2.05, 4.69) is 21.4 Å². The van der Waals surface area contributed by atoms with Gasteiger partial charge in [-0.1, -0.05) is 23.7 Å². The van der Waals surface area contributed by atoms with Crippen molar-refractivity contribution in [1.29, 1.82) is 0 Å². The number of rotatable bonds is 4. The van der Waals surface area contributed by atoms with Gasteiger partial charge in [0.05, 0.1) is 11.7 Å². The lowest BCUT2D eigenvalue weighted by molar-refractivity contribution is 1.02. The van der Waals surface area contributed by atoms with Crippen molar-refractivity contribution in [2.75, 3.05) is 11.9 Å². The van der Waals surface area contributed by atoms with Crippen molar-refractivity contribution in [3.8, 4) is 0 Å². The molecule has 2 aromatic heterocycles. The van der Waals surface area contributed by atoms with Gasteiger partial charge in [-0.05, 0) is 36.2 Å². The number of anilines is 1. The number of hydrogen-bond acceptors (Lipinski definition) is 3. The summed E-state index contributed by atoms with van der Waals surface area (Å²) in [6.07, 6.45) is 6.28. The van der Waals surface area contributed by atoms with Crippen LogP contribution in [0.15, 0.2) is 55.0 Å². The van der Waals surface area contributed by atoms with E-state index in [1.807, 2.05) is 30.3 Å². The maximum atomic E-state index is 5.98. The Labute approximate surface area is 122 Å². The molecule has 0 bridgehead atoms. The first kappa shape index (κ1) is 12.9. The summed E-state index contributed by atoms with van der Waals surface area (Å²) in [7, 11) is 0. The second-order valence-corrected chi connectivity index (χ2v) is 4.99. The molecule has 0 saturated heterocycles. The molecule has 100 valence electrons. The Kier molecular flexibility index (Phi) is 3.79. The molecule has 3 nitrogen and oxygen atoms in total. The molecule has 3 aromatic rings. The summed E-state index contributed by atoms with van der Waals surface area (Å²) in [6.45, 7) is 0.849. The largest absolute Gasteiger partial charge is 0.384 e. The zero-order chi connectivity index (χ0) is 13.8. The number of nitrogens with zero attached hydrogens (tertiary/aromatic N) is 2. The number of nitrogens with one attached hydrogen (secondary N) is 1. The Morgan fingerprint density at radius 1 is 1.10 bits per heavy atom. The van der Waals surface area contributed by atoms with E-state index in [-0.39, 0.29) is 0 Å². The molecule has 1 aromatic carbocycles. The summed E-state index contributed by atoms with van der Waals surface area (Å²) in [5.41, 5.74) is 3.21. The second kappa shape index (κ2) is 5.88. The van der Waals surface area contributed by atoms with Crippen LogP contribution in [0.2, 0.25) is 5.02 Å². The summed E-state index contributed by atoms with van der Waals surface area (Å²) in [6, 6.07) is 11.9. The van der Waals surface area contributed by atoms with Crippen LogP contribution >= 0.6 is 11.6 Å². The van der Waals surface area contributed by atoms with E-state index >= 15 is 0 Å². The minimum atomic E-state index is 0.780. The second-order valence-electron chi connectivity index (χ2n) is 4.56. The van der Waals surface area contributed by atoms with Gasteiger partial charge in [0, 0.05) is 35.0 Å². The molecule has 4 heteroatoms. The van der Waals surface area contributed by atoms with Crippen molar-refractivity contribution < 1.29 is 0 Å². The minimum absolute atomic E-state index is 0.780. The van der Waals surface area contributed by atoms with Gasteiger partial charge >= 0.3 is 0 Å². The van der Waals surface area contributed by atoms with E-state index in [1.54, 1.807) is 18.6 Å². The lowest BCUT2D eigenvalue weighted by atomic mass is 10.1. The number of halogens is 1. The minimum Gasteiger partial charge on any atom is -0.384 e. The molecule has 0 aliphatic carbocycles. The van der Waals surface area contributed by atoms with E-state index in [4.69, 9.17) is 11.6 Å². The van der Waals surface area contributed by atoms with Gasteiger partial charge in [0.25, 0.3) is 0 Å². The van der Waals surface area contributed by atoms with Gasteiger partial charge in [-0.25, -0.2) is 0 Å². The molecular weight excluding hydrogens is 270 g/mol. The highest BCUT2D eigenvalue weighted by Gasteiger charge is 2.01. The molecule has 0 amide bonds. The van der Waals surface area contributed by atoms with Gasteiger partial charge in [-0.2, -0.15) is 0 Å². The third kappa shape index (κ3) is 2.89. The number of benzene rings is 1. The Morgan fingerprint density at radius 3 is 2.95 bits per heavy atom. The highest BCUT2D eigenvalue weighted by atomic mass is 35.5. The van der Waals surface area contributed by atoms with Crippen LogP contribution in [0.25, 0.3) is 10.9 Å². The van der Waals surface area contributed by atoms with Crippen LogP contribution in [-0.4, -0.2) is 16.5 Å². The zero-order valence-corrected chi connectivity index (χ0v) is 11.6. The fraction of sp³-hybridized carbons (Fsp3) is 0.125. The van der Waals surface area contributed by atoms with Crippen molar-refractivity contribution in [2.24, 2.45) is 0 Å². The summed E-state index contributed by atoms with van der Waals surface area (Å²) in [5.74, 6) is 0. The Bertz CT molecular complexity index is 722. The SMILES string of the molecule is Clc1cccc(CCNc2ccnc3cnccc23)c1. The van der Waals surface area contributed by atoms with E-state index in [0.717, 1.165) is 34.6 Å². The Hall–Kier alpha value is -2.13. The number of hydrogen-bond donors (Lipinski definition) is 1. The molecule has 0 saturated carbocycles. The van der Waals surface area contributed by atoms with Gasteiger partial charge < -0.3 is 5.32 Å². The van der Waals surface area contributed by atoms with Gasteiger partial charge in [-0.15, -0.1) is 0 Å². The van der Waals surface area contributed by atoms with Crippen LogP contribution in [0.1, 0.15) is 5.56 Å². The molecular formula is C16H14ClN3. The molecule has 3 rings (SSSR count). The summed E-state index contributed by atoms with van der Waals surface area (Å²) in [5, 5.41) is 5.32. The summed E-state index contributed by atoms with van der Waals surface area (Å²) >= 11 is 5.98. The zero-order valence-electron chi connectivity index (χ0n) is 10.9. The van der Waals surface area contributed by atoms with Gasteiger partial charge in [0.15, 0.2) is 0 Å². The van der Waals surface area contributed by atoms with Crippen LogP contribution in [0.4, 0.5) is 5.69 Å². The molecule has 0 aliphatic rings. The molecule has 0 atom stereocenters. The quantitative estimate of drug-likeness (QED) is 0.788. The van der Waals surface area contributed by atoms with Gasteiger partial charge in [0.2, 0.25) is 0 Å². The predicted molar refractivity (Wildman–Crippen MR) is 83.2 cm³/mol. The van der Waals surface area contributed by atoms with Crippen LogP contribution < -0.4 is 5.32 Å². The third-order valence-electron chi connectivity index (χ3n) is 3.16. The molecule has 0 unspecified atom stereocenters. The smallest absolute Gasteiger partial charge is 0.0905 e. The fourth-order valence-corrected chi connectivity index (χ4v) is 2.40. The molecule has 2 heterocycles. The van der Waals surface area contributed by atoms with Crippen LogP contribution in [-0.2, 0) is 6.42 Å². The summed E-state index contributed by atoms with van der Waals surface area (Å²) < 4.78 is 0. The van der Waals surface area contributed by atoms with Crippen molar-refractivity contribution in [2.45, 2.75) is 6.42 Å². The van der Waals surface area contributed by atoms with E-state index in [0.29, 0.717) is 0 Å². The van der Waals surface area contributed by atoms with Gasteiger partial charge in [-0.3, -0.25) is 9.97 Å². The Balaban J connectivity index is 1.71. The molecule has 0 aliphatic heterocycles. The lowest BCUT2D eigenvalue weighted by Crippen LogP contribution is -2.05. The highest BCUT2D eigenvalue weighted by molar-refractivity contribution is 6.30. The molecule has 1 N–H and O–H groups in total. The van der Waals surface area contributed by atoms with Crippen molar-refractivity contribution in [3.05, 3.63) is 65.6 Å². The van der Waals surface area contributed by atoms with E-state index in [1.165, 1.54) is 5.56 Å². The molecule has 0 spiro atoms. The van der Waals surface area contributed by atoms with Crippen LogP contribution in [0.5, 0.6) is 0 Å². The van der Waals surface area contributed by atoms with Gasteiger partial charge in [0.1, 0.15) is 0 Å². The first-order valence-corrected chi connectivity index (χ1v) is 6.88.